The minimum Gasteiger partial charge on any atom is -0.480 e. The standard InChI is InChI=1S/C12H16FN3O3/c1-2-4-9(12(18)16-15)19-8-6-3-5-7(13)10(8)11(14)17/h3,5-6,9H,2,4,15H2,1H3,(H2,14,17)(H,16,18). The van der Waals surface area contributed by atoms with E-state index in [-0.39, 0.29) is 11.3 Å². The van der Waals surface area contributed by atoms with Gasteiger partial charge in [-0.1, -0.05) is 19.4 Å². The molecule has 104 valence electrons. The largest absolute Gasteiger partial charge is 0.480 e. The Kier molecular flexibility index (Phi) is 5.25. The Morgan fingerprint density at radius 1 is 1.47 bits per heavy atom. The van der Waals surface area contributed by atoms with Crippen LogP contribution in [0.25, 0.3) is 0 Å². The van der Waals surface area contributed by atoms with Gasteiger partial charge in [0, 0.05) is 0 Å². The molecule has 0 saturated carbocycles. The lowest BCUT2D eigenvalue weighted by molar-refractivity contribution is -0.128. The first kappa shape index (κ1) is 14.9. The number of hydrogen-bond donors (Lipinski definition) is 3. The quantitative estimate of drug-likeness (QED) is 0.396. The number of carbonyl (C=O) groups excluding carboxylic acids is 2. The molecule has 0 fully saturated rings. The maximum atomic E-state index is 13.5. The summed E-state index contributed by atoms with van der Waals surface area (Å²) in [6, 6.07) is 3.82. The zero-order valence-corrected chi connectivity index (χ0v) is 10.5. The molecule has 1 rings (SSSR count). The molecule has 0 aromatic heterocycles. The molecule has 1 aromatic rings. The van der Waals surface area contributed by atoms with Crippen LogP contribution in [-0.2, 0) is 4.79 Å². The molecule has 6 nitrogen and oxygen atoms in total. The van der Waals surface area contributed by atoms with E-state index in [2.05, 4.69) is 0 Å². The van der Waals surface area contributed by atoms with E-state index in [4.69, 9.17) is 16.3 Å². The topological polar surface area (TPSA) is 107 Å². The summed E-state index contributed by atoms with van der Waals surface area (Å²) in [4.78, 5) is 22.7. The molecule has 19 heavy (non-hydrogen) atoms. The van der Waals surface area contributed by atoms with Crippen LogP contribution < -0.4 is 21.7 Å². The summed E-state index contributed by atoms with van der Waals surface area (Å²) in [7, 11) is 0. The normalized spacial score (nSPS) is 11.7. The van der Waals surface area contributed by atoms with E-state index in [0.29, 0.717) is 12.8 Å². The van der Waals surface area contributed by atoms with Gasteiger partial charge in [0.05, 0.1) is 0 Å². The van der Waals surface area contributed by atoms with Crippen molar-refractivity contribution in [3.05, 3.63) is 29.6 Å². The molecule has 0 spiro atoms. The zero-order valence-electron chi connectivity index (χ0n) is 10.5. The van der Waals surface area contributed by atoms with Crippen LogP contribution in [0.2, 0.25) is 0 Å². The summed E-state index contributed by atoms with van der Waals surface area (Å²) in [6.45, 7) is 1.85. The number of primary amides is 1. The summed E-state index contributed by atoms with van der Waals surface area (Å²) in [5, 5.41) is 0. The Morgan fingerprint density at radius 3 is 2.68 bits per heavy atom. The van der Waals surface area contributed by atoms with Crippen molar-refractivity contribution in [1.82, 2.24) is 5.43 Å². The number of nitrogens with two attached hydrogens (primary N) is 2. The van der Waals surface area contributed by atoms with Crippen molar-refractivity contribution in [2.24, 2.45) is 11.6 Å². The second-order valence-corrected chi connectivity index (χ2v) is 3.88. The smallest absolute Gasteiger partial charge is 0.274 e. The molecule has 0 bridgehead atoms. The molecule has 2 amide bonds. The first-order chi connectivity index (χ1) is 9.01. The molecule has 5 N–H and O–H groups in total. The number of ether oxygens (including phenoxy) is 1. The van der Waals surface area contributed by atoms with Crippen LogP contribution in [0.1, 0.15) is 30.1 Å². The van der Waals surface area contributed by atoms with Gasteiger partial charge in [0.2, 0.25) is 0 Å². The maximum absolute atomic E-state index is 13.5. The lowest BCUT2D eigenvalue weighted by Crippen LogP contribution is -2.42. The Bertz CT molecular complexity index is 479. The van der Waals surface area contributed by atoms with Crippen LogP contribution in [0.4, 0.5) is 4.39 Å². The van der Waals surface area contributed by atoms with Gasteiger partial charge < -0.3 is 10.5 Å². The van der Waals surface area contributed by atoms with Crippen LogP contribution in [0, 0.1) is 5.82 Å². The minimum atomic E-state index is -0.962. The van der Waals surface area contributed by atoms with E-state index in [1.807, 2.05) is 12.3 Å². The monoisotopic (exact) mass is 269 g/mol. The highest BCUT2D eigenvalue weighted by Crippen LogP contribution is 2.23. The van der Waals surface area contributed by atoms with Gasteiger partial charge in [-0.3, -0.25) is 15.0 Å². The third kappa shape index (κ3) is 3.65. The number of hydrogen-bond acceptors (Lipinski definition) is 4. The number of benzene rings is 1. The summed E-state index contributed by atoms with van der Waals surface area (Å²) >= 11 is 0. The van der Waals surface area contributed by atoms with E-state index in [0.717, 1.165) is 6.07 Å². The summed E-state index contributed by atoms with van der Waals surface area (Å²) in [5.41, 5.74) is 6.67. The fourth-order valence-electron chi connectivity index (χ4n) is 1.59. The number of halogens is 1. The second kappa shape index (κ2) is 6.69. The van der Waals surface area contributed by atoms with Gasteiger partial charge in [-0.15, -0.1) is 0 Å². The number of rotatable bonds is 6. The van der Waals surface area contributed by atoms with Gasteiger partial charge in [0.15, 0.2) is 6.10 Å². The first-order valence-corrected chi connectivity index (χ1v) is 5.76. The van der Waals surface area contributed by atoms with Gasteiger partial charge in [0.25, 0.3) is 11.8 Å². The molecule has 0 heterocycles. The number of nitrogens with one attached hydrogen (secondary N) is 1. The van der Waals surface area contributed by atoms with Crippen LogP contribution in [0.5, 0.6) is 5.75 Å². The predicted octanol–water partition coefficient (Wildman–Crippen LogP) is 0.462. The molecule has 1 aromatic carbocycles. The maximum Gasteiger partial charge on any atom is 0.274 e. The fraction of sp³-hybridized carbons (Fsp3) is 0.333. The Hall–Kier alpha value is -2.15. The third-order valence-corrected chi connectivity index (χ3v) is 2.48. The average Bonchev–Trinajstić information content (AvgIpc) is 2.37. The first-order valence-electron chi connectivity index (χ1n) is 5.76. The van der Waals surface area contributed by atoms with Crippen molar-refractivity contribution < 1.29 is 18.7 Å². The molecular formula is C12H16FN3O3. The van der Waals surface area contributed by atoms with E-state index in [1.54, 1.807) is 0 Å². The van der Waals surface area contributed by atoms with Gasteiger partial charge in [-0.2, -0.15) is 0 Å². The number of carbonyl (C=O) groups is 2. The van der Waals surface area contributed by atoms with Crippen molar-refractivity contribution in [2.45, 2.75) is 25.9 Å². The van der Waals surface area contributed by atoms with Crippen molar-refractivity contribution >= 4 is 11.8 Å². The van der Waals surface area contributed by atoms with Crippen molar-refractivity contribution in [1.29, 1.82) is 0 Å². The molecule has 0 aliphatic carbocycles. The van der Waals surface area contributed by atoms with Gasteiger partial charge >= 0.3 is 0 Å². The van der Waals surface area contributed by atoms with Gasteiger partial charge in [-0.05, 0) is 18.6 Å². The van der Waals surface area contributed by atoms with E-state index < -0.39 is 23.7 Å². The Morgan fingerprint density at radius 2 is 2.16 bits per heavy atom. The second-order valence-electron chi connectivity index (χ2n) is 3.88. The van der Waals surface area contributed by atoms with Crippen molar-refractivity contribution in [2.75, 3.05) is 0 Å². The highest BCUT2D eigenvalue weighted by atomic mass is 19.1. The average molecular weight is 269 g/mol. The summed E-state index contributed by atoms with van der Waals surface area (Å²) in [5.74, 6) is 2.65. The highest BCUT2D eigenvalue weighted by Gasteiger charge is 2.22. The van der Waals surface area contributed by atoms with Gasteiger partial charge in [-0.25, -0.2) is 10.2 Å². The van der Waals surface area contributed by atoms with Crippen LogP contribution in [-0.4, -0.2) is 17.9 Å². The highest BCUT2D eigenvalue weighted by molar-refractivity contribution is 5.96. The summed E-state index contributed by atoms with van der Waals surface area (Å²) in [6.07, 6.45) is 0.117. The molecule has 1 atom stereocenters. The molecule has 7 heteroatoms. The van der Waals surface area contributed by atoms with E-state index in [1.165, 1.54) is 12.1 Å². The lowest BCUT2D eigenvalue weighted by Gasteiger charge is -2.18. The molecule has 0 aliphatic rings. The minimum absolute atomic E-state index is 0.0745. The molecule has 0 saturated heterocycles. The molecule has 0 radical (unpaired) electrons. The predicted molar refractivity (Wildman–Crippen MR) is 66.6 cm³/mol. The van der Waals surface area contributed by atoms with Crippen molar-refractivity contribution in [3.8, 4) is 5.75 Å². The van der Waals surface area contributed by atoms with Crippen LogP contribution >= 0.6 is 0 Å². The molecule has 1 unspecified atom stereocenters. The lowest BCUT2D eigenvalue weighted by atomic mass is 10.1. The van der Waals surface area contributed by atoms with E-state index in [9.17, 15) is 14.0 Å². The molecular weight excluding hydrogens is 253 g/mol. The van der Waals surface area contributed by atoms with Crippen LogP contribution in [0.15, 0.2) is 18.2 Å². The van der Waals surface area contributed by atoms with Gasteiger partial charge in [0.1, 0.15) is 17.1 Å². The Balaban J connectivity index is 3.05. The fourth-order valence-corrected chi connectivity index (χ4v) is 1.59. The van der Waals surface area contributed by atoms with Crippen LogP contribution in [0.3, 0.4) is 0 Å². The summed E-state index contributed by atoms with van der Waals surface area (Å²) < 4.78 is 18.9. The molecule has 0 aliphatic heterocycles. The van der Waals surface area contributed by atoms with E-state index >= 15 is 0 Å². The SMILES string of the molecule is CCCC(Oc1cccc(F)c1C(N)=O)C(=O)NN. The number of hydrazine groups is 1. The zero-order chi connectivity index (χ0) is 14.4. The van der Waals surface area contributed by atoms with Crippen molar-refractivity contribution in [3.63, 3.8) is 0 Å². The third-order valence-electron chi connectivity index (χ3n) is 2.48. The number of amides is 2. The Labute approximate surface area is 109 Å².